The van der Waals surface area contributed by atoms with Gasteiger partial charge in [-0.05, 0) is 34.9 Å². The second-order valence-electron chi connectivity index (χ2n) is 6.86. The molecule has 29 heavy (non-hydrogen) atoms. The largest absolute Gasteiger partial charge is 0.493 e. The molecule has 0 spiro atoms. The van der Waals surface area contributed by atoms with Gasteiger partial charge in [0.05, 0.1) is 12.3 Å². The van der Waals surface area contributed by atoms with Crippen molar-refractivity contribution in [3.8, 4) is 5.75 Å². The number of benzene rings is 3. The van der Waals surface area contributed by atoms with Crippen LogP contribution in [0.3, 0.4) is 0 Å². The second kappa shape index (κ2) is 9.90. The highest BCUT2D eigenvalue weighted by molar-refractivity contribution is 5.92. The fourth-order valence-electron chi connectivity index (χ4n) is 3.26. The third kappa shape index (κ3) is 5.24. The number of pyridine rings is 1. The summed E-state index contributed by atoms with van der Waals surface area (Å²) in [5.74, 6) is 0.892. The number of aryl methyl sites for hydroxylation is 1. The fourth-order valence-corrected chi connectivity index (χ4v) is 3.26. The third-order valence-electron chi connectivity index (χ3n) is 4.82. The normalized spacial score (nSPS) is 10.8. The molecule has 3 heteroatoms. The summed E-state index contributed by atoms with van der Waals surface area (Å²) in [5.41, 5.74) is 4.42. The SMILES string of the molecule is Cc1cnc(C=Cc2cccc3ccccc23)cc1OCCc1ccccc1.Cl. The van der Waals surface area contributed by atoms with E-state index < -0.39 is 0 Å². The van der Waals surface area contributed by atoms with E-state index in [2.05, 4.69) is 77.8 Å². The van der Waals surface area contributed by atoms with Gasteiger partial charge in [-0.25, -0.2) is 0 Å². The van der Waals surface area contributed by atoms with Gasteiger partial charge in [0.25, 0.3) is 0 Å². The van der Waals surface area contributed by atoms with Gasteiger partial charge in [-0.1, -0.05) is 78.9 Å². The molecule has 1 heterocycles. The highest BCUT2D eigenvalue weighted by Crippen LogP contribution is 2.22. The van der Waals surface area contributed by atoms with Crippen LogP contribution in [0.2, 0.25) is 0 Å². The van der Waals surface area contributed by atoms with Crippen LogP contribution in [0, 0.1) is 6.92 Å². The molecule has 4 rings (SSSR count). The number of hydrogen-bond donors (Lipinski definition) is 0. The van der Waals surface area contributed by atoms with Crippen molar-refractivity contribution in [2.45, 2.75) is 13.3 Å². The molecule has 0 aliphatic heterocycles. The van der Waals surface area contributed by atoms with Crippen LogP contribution in [-0.4, -0.2) is 11.6 Å². The Morgan fingerprint density at radius 2 is 1.62 bits per heavy atom. The van der Waals surface area contributed by atoms with Crippen molar-refractivity contribution in [2.24, 2.45) is 0 Å². The van der Waals surface area contributed by atoms with E-state index in [0.29, 0.717) is 6.61 Å². The maximum Gasteiger partial charge on any atom is 0.125 e. The molecular formula is C26H24ClNO. The Morgan fingerprint density at radius 1 is 0.862 bits per heavy atom. The van der Waals surface area contributed by atoms with E-state index in [1.807, 2.05) is 31.3 Å². The Labute approximate surface area is 178 Å². The molecule has 0 saturated carbocycles. The van der Waals surface area contributed by atoms with E-state index in [4.69, 9.17) is 4.74 Å². The summed E-state index contributed by atoms with van der Waals surface area (Å²) in [6, 6.07) is 27.2. The van der Waals surface area contributed by atoms with Crippen LogP contribution in [0.5, 0.6) is 5.75 Å². The maximum atomic E-state index is 6.03. The van der Waals surface area contributed by atoms with E-state index in [0.717, 1.165) is 23.4 Å². The number of aromatic nitrogens is 1. The van der Waals surface area contributed by atoms with Gasteiger partial charge in [0, 0.05) is 24.2 Å². The third-order valence-corrected chi connectivity index (χ3v) is 4.82. The predicted octanol–water partition coefficient (Wildman–Crippen LogP) is 6.76. The van der Waals surface area contributed by atoms with Crippen LogP contribution >= 0.6 is 12.4 Å². The van der Waals surface area contributed by atoms with Crippen LogP contribution in [0.15, 0.2) is 85.1 Å². The zero-order valence-electron chi connectivity index (χ0n) is 16.4. The van der Waals surface area contributed by atoms with Gasteiger partial charge in [-0.2, -0.15) is 0 Å². The lowest BCUT2D eigenvalue weighted by molar-refractivity contribution is 0.319. The monoisotopic (exact) mass is 401 g/mol. The standard InChI is InChI=1S/C26H23NO.ClH/c1-20-19-27-24(18-26(20)28-17-16-21-8-3-2-4-9-21)15-14-23-12-7-11-22-10-5-6-13-25(22)23;/h2-15,18-19H,16-17H2,1H3;1H. The summed E-state index contributed by atoms with van der Waals surface area (Å²) >= 11 is 0. The summed E-state index contributed by atoms with van der Waals surface area (Å²) in [5, 5.41) is 2.49. The first-order valence-electron chi connectivity index (χ1n) is 9.59. The Balaban J connectivity index is 0.00000240. The van der Waals surface area contributed by atoms with Gasteiger partial charge in [0.15, 0.2) is 0 Å². The maximum absolute atomic E-state index is 6.03. The van der Waals surface area contributed by atoms with E-state index in [1.165, 1.54) is 21.9 Å². The highest BCUT2D eigenvalue weighted by Gasteiger charge is 2.03. The van der Waals surface area contributed by atoms with Crippen molar-refractivity contribution < 1.29 is 4.74 Å². The van der Waals surface area contributed by atoms with Crippen molar-refractivity contribution in [2.75, 3.05) is 6.61 Å². The molecule has 0 bridgehead atoms. The number of halogens is 1. The van der Waals surface area contributed by atoms with E-state index in [-0.39, 0.29) is 12.4 Å². The minimum Gasteiger partial charge on any atom is -0.493 e. The molecule has 0 saturated heterocycles. The van der Waals surface area contributed by atoms with E-state index in [9.17, 15) is 0 Å². The molecule has 4 aromatic rings. The van der Waals surface area contributed by atoms with Gasteiger partial charge in [0.2, 0.25) is 0 Å². The molecule has 146 valence electrons. The first-order chi connectivity index (χ1) is 13.8. The first-order valence-corrected chi connectivity index (χ1v) is 9.59. The molecule has 1 aromatic heterocycles. The van der Waals surface area contributed by atoms with Gasteiger partial charge in [-0.15, -0.1) is 12.4 Å². The minimum atomic E-state index is 0. The highest BCUT2D eigenvalue weighted by atomic mass is 35.5. The topological polar surface area (TPSA) is 22.1 Å². The molecule has 0 radical (unpaired) electrons. The Bertz CT molecular complexity index is 1100. The molecule has 2 nitrogen and oxygen atoms in total. The Hall–Kier alpha value is -3.10. The minimum absolute atomic E-state index is 0. The van der Waals surface area contributed by atoms with Crippen molar-refractivity contribution in [1.29, 1.82) is 0 Å². The number of ether oxygens (including phenoxy) is 1. The first kappa shape index (κ1) is 20.6. The van der Waals surface area contributed by atoms with Crippen LogP contribution in [0.25, 0.3) is 22.9 Å². The predicted molar refractivity (Wildman–Crippen MR) is 125 cm³/mol. The zero-order chi connectivity index (χ0) is 19.2. The second-order valence-corrected chi connectivity index (χ2v) is 6.86. The van der Waals surface area contributed by atoms with E-state index >= 15 is 0 Å². The quantitative estimate of drug-likeness (QED) is 0.356. The molecule has 0 aliphatic carbocycles. The zero-order valence-corrected chi connectivity index (χ0v) is 17.2. The molecular weight excluding hydrogens is 378 g/mol. The molecule has 0 atom stereocenters. The summed E-state index contributed by atoms with van der Waals surface area (Å²) in [4.78, 5) is 4.53. The Kier molecular flexibility index (Phi) is 7.04. The Morgan fingerprint density at radius 3 is 2.48 bits per heavy atom. The van der Waals surface area contributed by atoms with Gasteiger partial charge in [0.1, 0.15) is 5.75 Å². The molecule has 0 aliphatic rings. The van der Waals surface area contributed by atoms with Crippen molar-refractivity contribution in [3.05, 3.63) is 107 Å². The summed E-state index contributed by atoms with van der Waals surface area (Å²) < 4.78 is 6.03. The van der Waals surface area contributed by atoms with Crippen LogP contribution in [0.1, 0.15) is 22.4 Å². The lowest BCUT2D eigenvalue weighted by Gasteiger charge is -2.10. The van der Waals surface area contributed by atoms with Crippen molar-refractivity contribution in [1.82, 2.24) is 4.98 Å². The summed E-state index contributed by atoms with van der Waals surface area (Å²) in [7, 11) is 0. The molecule has 0 unspecified atom stereocenters. The average molecular weight is 402 g/mol. The van der Waals surface area contributed by atoms with Crippen molar-refractivity contribution in [3.63, 3.8) is 0 Å². The number of nitrogens with zero attached hydrogens (tertiary/aromatic N) is 1. The molecule has 0 fully saturated rings. The lowest BCUT2D eigenvalue weighted by Crippen LogP contribution is -2.03. The van der Waals surface area contributed by atoms with Gasteiger partial charge < -0.3 is 4.74 Å². The number of fused-ring (bicyclic) bond motifs is 1. The van der Waals surface area contributed by atoms with E-state index in [1.54, 1.807) is 0 Å². The fraction of sp³-hybridized carbons (Fsp3) is 0.115. The smallest absolute Gasteiger partial charge is 0.125 e. The molecule has 0 N–H and O–H groups in total. The van der Waals surface area contributed by atoms with Crippen LogP contribution < -0.4 is 4.74 Å². The van der Waals surface area contributed by atoms with Crippen molar-refractivity contribution >= 4 is 35.3 Å². The summed E-state index contributed by atoms with van der Waals surface area (Å²) in [6.07, 6.45) is 6.93. The number of rotatable bonds is 6. The van der Waals surface area contributed by atoms with Gasteiger partial charge in [-0.3, -0.25) is 4.98 Å². The lowest BCUT2D eigenvalue weighted by atomic mass is 10.0. The molecule has 0 amide bonds. The van der Waals surface area contributed by atoms with Crippen LogP contribution in [-0.2, 0) is 6.42 Å². The average Bonchev–Trinajstić information content (AvgIpc) is 2.75. The van der Waals surface area contributed by atoms with Gasteiger partial charge >= 0.3 is 0 Å². The summed E-state index contributed by atoms with van der Waals surface area (Å²) in [6.45, 7) is 2.68. The van der Waals surface area contributed by atoms with Crippen LogP contribution in [0.4, 0.5) is 0 Å². The molecule has 3 aromatic carbocycles. The number of hydrogen-bond acceptors (Lipinski definition) is 2.